The standard InChI is InChI=1S/C4H10ClNO2S/c5-3-1-2-4-6-9(7)8/h6H,1-4H2,(H,7,8)/p-1. The quantitative estimate of drug-likeness (QED) is 0.369. The Bertz CT molecular complexity index is 90.6. The predicted octanol–water partition coefficient (Wildman–Crippen LogP) is 0.389. The van der Waals surface area contributed by atoms with E-state index < -0.39 is 11.3 Å². The minimum Gasteiger partial charge on any atom is -0.760 e. The van der Waals surface area contributed by atoms with Gasteiger partial charge in [0.1, 0.15) is 0 Å². The Morgan fingerprint density at radius 2 is 2.22 bits per heavy atom. The third-order valence-electron chi connectivity index (χ3n) is 0.780. The molecule has 1 atom stereocenters. The first kappa shape index (κ1) is 9.36. The van der Waals surface area contributed by atoms with Gasteiger partial charge in [-0.25, -0.2) is 4.72 Å². The van der Waals surface area contributed by atoms with Gasteiger partial charge < -0.3 is 4.55 Å². The predicted molar refractivity (Wildman–Crippen MR) is 36.9 cm³/mol. The Kier molecular flexibility index (Phi) is 6.74. The number of halogens is 1. The molecule has 0 rings (SSSR count). The largest absolute Gasteiger partial charge is 0.760 e. The van der Waals surface area contributed by atoms with Crippen LogP contribution in [0.1, 0.15) is 12.8 Å². The van der Waals surface area contributed by atoms with E-state index in [-0.39, 0.29) is 0 Å². The summed E-state index contributed by atoms with van der Waals surface area (Å²) in [5, 5.41) is 0. The highest BCUT2D eigenvalue weighted by Gasteiger charge is 1.84. The van der Waals surface area contributed by atoms with Crippen molar-refractivity contribution in [2.45, 2.75) is 12.8 Å². The number of rotatable bonds is 5. The zero-order chi connectivity index (χ0) is 7.11. The van der Waals surface area contributed by atoms with Crippen molar-refractivity contribution in [2.75, 3.05) is 12.4 Å². The molecule has 0 saturated carbocycles. The van der Waals surface area contributed by atoms with E-state index >= 15 is 0 Å². The van der Waals surface area contributed by atoms with Crippen molar-refractivity contribution in [3.8, 4) is 0 Å². The number of nitrogens with one attached hydrogen (secondary N) is 1. The Labute approximate surface area is 62.2 Å². The molecule has 0 aliphatic heterocycles. The summed E-state index contributed by atoms with van der Waals surface area (Å²) in [6.45, 7) is 0.489. The highest BCUT2D eigenvalue weighted by molar-refractivity contribution is 7.77. The van der Waals surface area contributed by atoms with Gasteiger partial charge in [-0.05, 0) is 12.8 Å². The minimum atomic E-state index is -2.11. The Morgan fingerprint density at radius 3 is 2.67 bits per heavy atom. The maximum Gasteiger partial charge on any atom is 0.0223 e. The summed E-state index contributed by atoms with van der Waals surface area (Å²) in [5.41, 5.74) is 0. The summed E-state index contributed by atoms with van der Waals surface area (Å²) >= 11 is 3.22. The highest BCUT2D eigenvalue weighted by atomic mass is 35.5. The Morgan fingerprint density at radius 1 is 1.56 bits per heavy atom. The van der Waals surface area contributed by atoms with Crippen LogP contribution in [0.25, 0.3) is 0 Å². The van der Waals surface area contributed by atoms with E-state index in [1.54, 1.807) is 0 Å². The van der Waals surface area contributed by atoms with Crippen molar-refractivity contribution >= 4 is 22.9 Å². The van der Waals surface area contributed by atoms with E-state index in [1.807, 2.05) is 0 Å². The summed E-state index contributed by atoms with van der Waals surface area (Å²) in [5.74, 6) is 0.590. The first-order chi connectivity index (χ1) is 4.27. The molecule has 0 spiro atoms. The second kappa shape index (κ2) is 6.48. The summed E-state index contributed by atoms with van der Waals surface area (Å²) in [4.78, 5) is 0. The molecule has 56 valence electrons. The molecule has 0 amide bonds. The number of hydrogen-bond acceptors (Lipinski definition) is 2. The average Bonchev–Trinajstić information content (AvgIpc) is 1.80. The molecule has 0 aromatic rings. The number of alkyl halides is 1. The van der Waals surface area contributed by atoms with E-state index in [9.17, 15) is 8.76 Å². The first-order valence-corrected chi connectivity index (χ1v) is 4.27. The van der Waals surface area contributed by atoms with Gasteiger partial charge in [0.25, 0.3) is 0 Å². The monoisotopic (exact) mass is 170 g/mol. The fourth-order valence-corrected chi connectivity index (χ4v) is 0.875. The van der Waals surface area contributed by atoms with E-state index in [1.165, 1.54) is 0 Å². The summed E-state index contributed by atoms with van der Waals surface area (Å²) < 4.78 is 21.9. The van der Waals surface area contributed by atoms with Gasteiger partial charge in [0.2, 0.25) is 0 Å². The van der Waals surface area contributed by atoms with Gasteiger partial charge in [0.15, 0.2) is 0 Å². The van der Waals surface area contributed by atoms with Crippen molar-refractivity contribution in [3.05, 3.63) is 0 Å². The molecule has 9 heavy (non-hydrogen) atoms. The lowest BCUT2D eigenvalue weighted by molar-refractivity contribution is 0.521. The number of unbranched alkanes of at least 4 members (excludes halogenated alkanes) is 1. The minimum absolute atomic E-state index is 0.489. The third kappa shape index (κ3) is 8.36. The SMILES string of the molecule is O=S([O-])NCCCCCl. The lowest BCUT2D eigenvalue weighted by Crippen LogP contribution is -2.17. The molecule has 1 N–H and O–H groups in total. The van der Waals surface area contributed by atoms with Crippen molar-refractivity contribution in [3.63, 3.8) is 0 Å². The summed E-state index contributed by atoms with van der Waals surface area (Å²) in [7, 11) is 0. The van der Waals surface area contributed by atoms with Crippen LogP contribution in [0.4, 0.5) is 0 Å². The van der Waals surface area contributed by atoms with Crippen LogP contribution in [-0.4, -0.2) is 21.2 Å². The molecule has 0 heterocycles. The van der Waals surface area contributed by atoms with Crippen molar-refractivity contribution in [1.29, 1.82) is 0 Å². The third-order valence-corrected chi connectivity index (χ3v) is 1.49. The van der Waals surface area contributed by atoms with Crippen LogP contribution in [0.2, 0.25) is 0 Å². The van der Waals surface area contributed by atoms with Gasteiger partial charge in [-0.1, -0.05) is 0 Å². The molecular weight excluding hydrogens is 162 g/mol. The highest BCUT2D eigenvalue weighted by Crippen LogP contribution is 1.88. The van der Waals surface area contributed by atoms with Crippen molar-refractivity contribution in [1.82, 2.24) is 4.72 Å². The smallest absolute Gasteiger partial charge is 0.0223 e. The van der Waals surface area contributed by atoms with Crippen molar-refractivity contribution < 1.29 is 8.76 Å². The van der Waals surface area contributed by atoms with Gasteiger partial charge in [0.05, 0.1) is 0 Å². The van der Waals surface area contributed by atoms with Crippen molar-refractivity contribution in [2.24, 2.45) is 0 Å². The van der Waals surface area contributed by atoms with Gasteiger partial charge in [-0.15, -0.1) is 11.6 Å². The second-order valence-corrected chi connectivity index (χ2v) is 2.66. The van der Waals surface area contributed by atoms with E-state index in [0.29, 0.717) is 12.4 Å². The Balaban J connectivity index is 2.83. The van der Waals surface area contributed by atoms with Crippen LogP contribution < -0.4 is 4.72 Å². The van der Waals surface area contributed by atoms with Gasteiger partial charge in [-0.2, -0.15) is 0 Å². The molecular formula is C4H9ClNO2S-. The van der Waals surface area contributed by atoms with Gasteiger partial charge in [-0.3, -0.25) is 4.21 Å². The number of hydrogen-bond donors (Lipinski definition) is 1. The zero-order valence-electron chi connectivity index (χ0n) is 4.93. The first-order valence-electron chi connectivity index (χ1n) is 2.66. The molecule has 0 bridgehead atoms. The van der Waals surface area contributed by atoms with Crippen LogP contribution in [0.15, 0.2) is 0 Å². The molecule has 0 aromatic carbocycles. The molecule has 1 unspecified atom stereocenters. The topological polar surface area (TPSA) is 52.2 Å². The Hall–Kier alpha value is 0.360. The van der Waals surface area contributed by atoms with Gasteiger partial charge >= 0.3 is 0 Å². The van der Waals surface area contributed by atoms with Crippen LogP contribution in [-0.2, 0) is 11.3 Å². The molecule has 0 fully saturated rings. The van der Waals surface area contributed by atoms with Crippen LogP contribution in [0, 0.1) is 0 Å². The lowest BCUT2D eigenvalue weighted by atomic mass is 10.3. The molecule has 0 aliphatic carbocycles. The summed E-state index contributed by atoms with van der Waals surface area (Å²) in [6.07, 6.45) is 1.66. The lowest BCUT2D eigenvalue weighted by Gasteiger charge is -2.04. The molecule has 5 heteroatoms. The average molecular weight is 171 g/mol. The van der Waals surface area contributed by atoms with E-state index in [0.717, 1.165) is 12.8 Å². The molecule has 0 radical (unpaired) electrons. The zero-order valence-corrected chi connectivity index (χ0v) is 6.50. The normalized spacial score (nSPS) is 13.6. The van der Waals surface area contributed by atoms with Crippen LogP contribution in [0.5, 0.6) is 0 Å². The molecule has 0 aliphatic rings. The van der Waals surface area contributed by atoms with E-state index in [4.69, 9.17) is 11.6 Å². The molecule has 0 saturated heterocycles. The fourth-order valence-electron chi connectivity index (χ4n) is 0.375. The van der Waals surface area contributed by atoms with Gasteiger partial charge in [0, 0.05) is 23.7 Å². The van der Waals surface area contributed by atoms with Crippen LogP contribution >= 0.6 is 11.6 Å². The summed E-state index contributed by atoms with van der Waals surface area (Å²) in [6, 6.07) is 0. The van der Waals surface area contributed by atoms with Crippen LogP contribution in [0.3, 0.4) is 0 Å². The molecule has 3 nitrogen and oxygen atoms in total. The van der Waals surface area contributed by atoms with E-state index in [2.05, 4.69) is 4.72 Å². The maximum absolute atomic E-state index is 9.82. The fraction of sp³-hybridized carbons (Fsp3) is 1.00. The second-order valence-electron chi connectivity index (χ2n) is 1.53. The maximum atomic E-state index is 9.82. The molecule has 0 aromatic heterocycles.